The molecule has 12 heteroatoms. The zero-order valence-corrected chi connectivity index (χ0v) is 24.0. The van der Waals surface area contributed by atoms with E-state index < -0.39 is 5.97 Å². The molecule has 0 aliphatic carbocycles. The lowest BCUT2D eigenvalue weighted by molar-refractivity contribution is -0.136. The Morgan fingerprint density at radius 1 is 0.800 bits per heavy atom. The molecule has 0 amide bonds. The number of carbonyl (C=O) groups excluding carboxylic acids is 3. The summed E-state index contributed by atoms with van der Waals surface area (Å²) >= 11 is 23.7. The zero-order chi connectivity index (χ0) is 29.3. The number of ether oxygens (including phenoxy) is 1. The molecule has 0 fully saturated rings. The first kappa shape index (κ1) is 29.4. The highest BCUT2D eigenvalue weighted by Crippen LogP contribution is 2.32. The van der Waals surface area contributed by atoms with Crippen LogP contribution in [0.5, 0.6) is 5.75 Å². The molecule has 4 aromatic rings. The maximum atomic E-state index is 12.5. The Morgan fingerprint density at radius 3 is 1.85 bits per heavy atom. The van der Waals surface area contributed by atoms with Crippen molar-refractivity contribution in [3.63, 3.8) is 0 Å². The number of fused-ring (bicyclic) bond motifs is 1. The van der Waals surface area contributed by atoms with Crippen molar-refractivity contribution < 1.29 is 29.0 Å². The Bertz CT molecular complexity index is 1690. The molecule has 2 aromatic heterocycles. The minimum atomic E-state index is -0.949. The van der Waals surface area contributed by atoms with Crippen molar-refractivity contribution in [3.8, 4) is 5.75 Å². The number of esters is 1. The van der Waals surface area contributed by atoms with Crippen molar-refractivity contribution in [2.24, 2.45) is 14.1 Å². The topological polar surface area (TPSA) is 108 Å². The number of carboxylic acid groups (broad SMARTS) is 1. The van der Waals surface area contributed by atoms with Crippen LogP contribution in [0.1, 0.15) is 43.5 Å². The third-order valence-electron chi connectivity index (χ3n) is 6.23. The van der Waals surface area contributed by atoms with E-state index in [9.17, 15) is 19.2 Å². The van der Waals surface area contributed by atoms with E-state index in [1.807, 2.05) is 0 Å². The van der Waals surface area contributed by atoms with E-state index in [0.29, 0.717) is 54.7 Å². The molecule has 40 heavy (non-hydrogen) atoms. The van der Waals surface area contributed by atoms with Gasteiger partial charge in [0.1, 0.15) is 0 Å². The second-order valence-corrected chi connectivity index (χ2v) is 10.5. The molecule has 8 nitrogen and oxygen atoms in total. The van der Waals surface area contributed by atoms with Gasteiger partial charge in [0.25, 0.3) is 0 Å². The van der Waals surface area contributed by atoms with E-state index in [1.165, 1.54) is 12.1 Å². The van der Waals surface area contributed by atoms with Crippen LogP contribution in [0.25, 0.3) is 0 Å². The third kappa shape index (κ3) is 6.10. The number of rotatable bonds is 6. The van der Waals surface area contributed by atoms with E-state index in [1.54, 1.807) is 65.7 Å². The molecule has 3 heterocycles. The highest BCUT2D eigenvalue weighted by atomic mass is 35.5. The third-order valence-corrected chi connectivity index (χ3v) is 7.32. The summed E-state index contributed by atoms with van der Waals surface area (Å²) in [5.41, 5.74) is 2.74. The number of carbonyl (C=O) groups is 4. The molecule has 2 aromatic carbocycles. The molecule has 0 radical (unpaired) electrons. The molecule has 206 valence electrons. The summed E-state index contributed by atoms with van der Waals surface area (Å²) in [7, 11) is 3.37. The van der Waals surface area contributed by atoms with Crippen LogP contribution in [0.3, 0.4) is 0 Å². The predicted octanol–water partition coefficient (Wildman–Crippen LogP) is 6.21. The standard InChI is InChI=1S/C14H9Cl2NO3.C14H11Cl2NO3/c1-17-10-6-13(18)20-12(10)5-11(17)14(19)8-3-2-7(15)4-9(8)16;1-17-9(7-13(18)19)3-5-12(17)14(20)10-4-2-8(15)6-11(10)16/h2-5H,6H2,1H3;2-6H,7H2,1H3,(H,18,19). The minimum absolute atomic E-state index is 0.141. The summed E-state index contributed by atoms with van der Waals surface area (Å²) in [4.78, 5) is 46.8. The van der Waals surface area contributed by atoms with Gasteiger partial charge in [0, 0.05) is 47.0 Å². The lowest BCUT2D eigenvalue weighted by Crippen LogP contribution is -2.11. The number of benzene rings is 2. The Balaban J connectivity index is 0.000000185. The first-order valence-electron chi connectivity index (χ1n) is 11.6. The van der Waals surface area contributed by atoms with Gasteiger partial charge in [0.15, 0.2) is 5.75 Å². The lowest BCUT2D eigenvalue weighted by atomic mass is 10.1. The number of carboxylic acids is 1. The zero-order valence-electron chi connectivity index (χ0n) is 21.0. The van der Waals surface area contributed by atoms with Crippen LogP contribution in [0.2, 0.25) is 20.1 Å². The van der Waals surface area contributed by atoms with Crippen LogP contribution in [0.15, 0.2) is 54.6 Å². The molecular formula is C28H20Cl4N2O6. The first-order chi connectivity index (χ1) is 18.9. The van der Waals surface area contributed by atoms with Gasteiger partial charge >= 0.3 is 11.9 Å². The van der Waals surface area contributed by atoms with Crippen molar-refractivity contribution in [2.75, 3.05) is 0 Å². The SMILES string of the molecule is Cn1c(C(=O)c2ccc(Cl)cc2Cl)cc2c1CC(=O)O2.Cn1c(CC(=O)O)ccc1C(=O)c1ccc(Cl)cc1Cl. The molecular weight excluding hydrogens is 602 g/mol. The van der Waals surface area contributed by atoms with Gasteiger partial charge in [0.05, 0.1) is 40.0 Å². The highest BCUT2D eigenvalue weighted by molar-refractivity contribution is 6.38. The van der Waals surface area contributed by atoms with E-state index in [4.69, 9.17) is 56.2 Å². The number of aromatic nitrogens is 2. The number of hydrogen-bond acceptors (Lipinski definition) is 5. The van der Waals surface area contributed by atoms with Crippen LogP contribution in [0.4, 0.5) is 0 Å². The van der Waals surface area contributed by atoms with Gasteiger partial charge in [-0.15, -0.1) is 0 Å². The first-order valence-corrected chi connectivity index (χ1v) is 13.1. The number of halogens is 4. The van der Waals surface area contributed by atoms with Crippen LogP contribution < -0.4 is 4.74 Å². The normalized spacial score (nSPS) is 11.9. The summed E-state index contributed by atoms with van der Waals surface area (Å²) in [5, 5.41) is 10.3. The van der Waals surface area contributed by atoms with E-state index in [0.717, 1.165) is 0 Å². The van der Waals surface area contributed by atoms with Gasteiger partial charge in [0.2, 0.25) is 11.6 Å². The molecule has 0 spiro atoms. The average Bonchev–Trinajstić information content (AvgIpc) is 3.52. The molecule has 0 unspecified atom stereocenters. The van der Waals surface area contributed by atoms with Crippen LogP contribution in [-0.2, 0) is 36.5 Å². The Hall–Kier alpha value is -3.56. The van der Waals surface area contributed by atoms with Crippen LogP contribution in [0, 0.1) is 0 Å². The smallest absolute Gasteiger partial charge is 0.317 e. The largest absolute Gasteiger partial charge is 0.481 e. The van der Waals surface area contributed by atoms with E-state index in [2.05, 4.69) is 0 Å². The summed E-state index contributed by atoms with van der Waals surface area (Å²) in [6, 6.07) is 14.1. The molecule has 1 N–H and O–H groups in total. The van der Waals surface area contributed by atoms with Gasteiger partial charge in [-0.2, -0.15) is 0 Å². The lowest BCUT2D eigenvalue weighted by Gasteiger charge is -2.07. The Labute approximate surface area is 248 Å². The van der Waals surface area contributed by atoms with Crippen molar-refractivity contribution in [1.82, 2.24) is 9.13 Å². The minimum Gasteiger partial charge on any atom is -0.481 e. The van der Waals surface area contributed by atoms with Gasteiger partial charge in [-0.1, -0.05) is 46.4 Å². The summed E-state index contributed by atoms with van der Waals surface area (Å²) in [6.07, 6.45) is 0.0333. The van der Waals surface area contributed by atoms with Gasteiger partial charge in [-0.05, 0) is 48.5 Å². The average molecular weight is 622 g/mol. The fourth-order valence-corrected chi connectivity index (χ4v) is 5.15. The fraction of sp³-hybridized carbons (Fsp3) is 0.143. The molecule has 1 aliphatic heterocycles. The van der Waals surface area contributed by atoms with Gasteiger partial charge in [-0.25, -0.2) is 0 Å². The van der Waals surface area contributed by atoms with Gasteiger partial charge in [-0.3, -0.25) is 19.2 Å². The summed E-state index contributed by atoms with van der Waals surface area (Å²) in [5.74, 6) is -1.33. The molecule has 0 saturated heterocycles. The fourth-order valence-electron chi connectivity index (χ4n) is 4.16. The molecule has 5 rings (SSSR count). The van der Waals surface area contributed by atoms with Crippen LogP contribution >= 0.6 is 46.4 Å². The van der Waals surface area contributed by atoms with Crippen molar-refractivity contribution in [2.45, 2.75) is 12.8 Å². The Morgan fingerprint density at radius 2 is 1.35 bits per heavy atom. The van der Waals surface area contributed by atoms with Crippen LogP contribution in [-0.4, -0.2) is 37.7 Å². The maximum absolute atomic E-state index is 12.5. The number of aliphatic carboxylic acids is 1. The predicted molar refractivity (Wildman–Crippen MR) is 151 cm³/mol. The molecule has 0 bridgehead atoms. The number of hydrogen-bond donors (Lipinski definition) is 1. The summed E-state index contributed by atoms with van der Waals surface area (Å²) < 4.78 is 8.25. The van der Waals surface area contributed by atoms with Gasteiger partial charge < -0.3 is 19.0 Å². The highest BCUT2D eigenvalue weighted by Gasteiger charge is 2.29. The molecule has 0 saturated carbocycles. The maximum Gasteiger partial charge on any atom is 0.317 e. The van der Waals surface area contributed by atoms with Crippen molar-refractivity contribution in [1.29, 1.82) is 0 Å². The van der Waals surface area contributed by atoms with Crippen molar-refractivity contribution in [3.05, 3.63) is 109 Å². The molecule has 0 atom stereocenters. The summed E-state index contributed by atoms with van der Waals surface area (Å²) in [6.45, 7) is 0. The quantitative estimate of drug-likeness (QED) is 0.202. The number of ketones is 2. The van der Waals surface area contributed by atoms with E-state index >= 15 is 0 Å². The monoisotopic (exact) mass is 620 g/mol. The molecule has 1 aliphatic rings. The van der Waals surface area contributed by atoms with Crippen molar-refractivity contribution >= 4 is 69.9 Å². The second kappa shape index (κ2) is 11.9. The second-order valence-electron chi connectivity index (χ2n) is 8.80. The van der Waals surface area contributed by atoms with E-state index in [-0.39, 0.29) is 35.4 Å². The number of nitrogens with zero attached hydrogens (tertiary/aromatic N) is 2. The Kier molecular flexibility index (Phi) is 8.75.